The van der Waals surface area contributed by atoms with Crippen LogP contribution in [0.25, 0.3) is 0 Å². The molecule has 1 nitrogen and oxygen atoms in total. The topological polar surface area (TPSA) is 12.0 Å². The lowest BCUT2D eigenvalue weighted by atomic mass is 9.95. The van der Waals surface area contributed by atoms with Crippen molar-refractivity contribution in [2.45, 2.75) is 6.42 Å². The van der Waals surface area contributed by atoms with E-state index in [2.05, 4.69) is 18.5 Å². The average Bonchev–Trinajstić information content (AvgIpc) is 2.36. The van der Waals surface area contributed by atoms with Crippen LogP contribution >= 0.6 is 0 Å². The van der Waals surface area contributed by atoms with Gasteiger partial charge in [-0.25, -0.2) is 0 Å². The highest BCUT2D eigenvalue weighted by Gasteiger charge is 2.33. The highest BCUT2D eigenvalue weighted by molar-refractivity contribution is 5.40. The molecule has 2 unspecified atom stereocenters. The Morgan fingerprint density at radius 3 is 2.00 bits per heavy atom. The number of hydrogen-bond acceptors (Lipinski definition) is 1. The number of nitrogens with one attached hydrogen (secondary N) is 1. The van der Waals surface area contributed by atoms with E-state index in [1.165, 1.54) is 17.6 Å². The van der Waals surface area contributed by atoms with Crippen LogP contribution in [0.2, 0.25) is 0 Å². The molecule has 0 amide bonds. The van der Waals surface area contributed by atoms with Gasteiger partial charge in [-0.15, -0.1) is 0 Å². The van der Waals surface area contributed by atoms with Gasteiger partial charge in [0.2, 0.25) is 0 Å². The predicted molar refractivity (Wildman–Crippen MR) is 51.9 cm³/mol. The van der Waals surface area contributed by atoms with Crippen molar-refractivity contribution >= 4 is 0 Å². The zero-order valence-corrected chi connectivity index (χ0v) is 7.34. The normalized spacial score (nSPS) is 33.7. The molecule has 2 atom stereocenters. The standard InChI is InChI=1S/C11H15N/c1-3-10-8-5-9(7-12-6-8)11(10)4-2/h3-4,8-9,12H,1-2,5-7H2. The van der Waals surface area contributed by atoms with Gasteiger partial charge in [-0.2, -0.15) is 0 Å². The Labute approximate surface area is 73.9 Å². The average molecular weight is 161 g/mol. The number of allylic oxidation sites excluding steroid dienone is 2. The molecule has 2 bridgehead atoms. The molecule has 0 radical (unpaired) electrons. The third-order valence-electron chi connectivity index (χ3n) is 3.00. The first-order valence-corrected chi connectivity index (χ1v) is 4.56. The summed E-state index contributed by atoms with van der Waals surface area (Å²) in [6.07, 6.45) is 5.32. The second kappa shape index (κ2) is 2.91. The van der Waals surface area contributed by atoms with Crippen LogP contribution in [0.1, 0.15) is 6.42 Å². The minimum atomic E-state index is 0.703. The van der Waals surface area contributed by atoms with E-state index in [1.807, 2.05) is 12.2 Å². The van der Waals surface area contributed by atoms with Crippen molar-refractivity contribution in [3.05, 3.63) is 36.5 Å². The maximum atomic E-state index is 3.87. The molecule has 1 fully saturated rings. The smallest absolute Gasteiger partial charge is 0.00207 e. The molecule has 1 heterocycles. The second-order valence-electron chi connectivity index (χ2n) is 3.61. The Kier molecular flexibility index (Phi) is 1.89. The van der Waals surface area contributed by atoms with E-state index < -0.39 is 0 Å². The van der Waals surface area contributed by atoms with Gasteiger partial charge in [-0.05, 0) is 29.4 Å². The monoisotopic (exact) mass is 161 g/mol. The maximum absolute atomic E-state index is 3.87. The highest BCUT2D eigenvalue weighted by Crippen LogP contribution is 2.39. The van der Waals surface area contributed by atoms with E-state index in [1.54, 1.807) is 0 Å². The van der Waals surface area contributed by atoms with E-state index in [0.717, 1.165) is 13.1 Å². The van der Waals surface area contributed by atoms with E-state index >= 15 is 0 Å². The number of piperidine rings is 1. The minimum Gasteiger partial charge on any atom is -0.316 e. The molecule has 1 aliphatic heterocycles. The highest BCUT2D eigenvalue weighted by atomic mass is 14.9. The van der Waals surface area contributed by atoms with Gasteiger partial charge in [0.1, 0.15) is 0 Å². The Morgan fingerprint density at radius 2 is 1.58 bits per heavy atom. The van der Waals surface area contributed by atoms with Crippen molar-refractivity contribution in [2.24, 2.45) is 11.8 Å². The Bertz CT molecular complexity index is 226. The van der Waals surface area contributed by atoms with Gasteiger partial charge in [0, 0.05) is 13.1 Å². The molecule has 1 aliphatic carbocycles. The quantitative estimate of drug-likeness (QED) is 0.652. The van der Waals surface area contributed by atoms with Gasteiger partial charge in [0.25, 0.3) is 0 Å². The zero-order valence-electron chi connectivity index (χ0n) is 7.34. The number of rotatable bonds is 2. The summed E-state index contributed by atoms with van der Waals surface area (Å²) in [5.74, 6) is 1.41. The molecule has 1 heteroatoms. The molecular weight excluding hydrogens is 146 g/mol. The Hall–Kier alpha value is -0.820. The molecule has 0 aromatic heterocycles. The van der Waals surface area contributed by atoms with Crippen LogP contribution in [0.15, 0.2) is 36.5 Å². The molecule has 12 heavy (non-hydrogen) atoms. The Balaban J connectivity index is 2.38. The van der Waals surface area contributed by atoms with Crippen LogP contribution in [-0.4, -0.2) is 13.1 Å². The van der Waals surface area contributed by atoms with Crippen LogP contribution in [0.4, 0.5) is 0 Å². The molecule has 64 valence electrons. The van der Waals surface area contributed by atoms with Gasteiger partial charge >= 0.3 is 0 Å². The number of hydrogen-bond donors (Lipinski definition) is 1. The SMILES string of the molecule is C=CC1=C(C=C)C2CNCC1C2. The van der Waals surface area contributed by atoms with Gasteiger partial charge in [-0.1, -0.05) is 25.3 Å². The lowest BCUT2D eigenvalue weighted by Gasteiger charge is -2.21. The van der Waals surface area contributed by atoms with Gasteiger partial charge < -0.3 is 5.32 Å². The molecule has 0 spiro atoms. The van der Waals surface area contributed by atoms with Crippen LogP contribution in [0, 0.1) is 11.8 Å². The summed E-state index contributed by atoms with van der Waals surface area (Å²) in [6, 6.07) is 0. The fourth-order valence-corrected chi connectivity index (χ4v) is 2.46. The lowest BCUT2D eigenvalue weighted by Crippen LogP contribution is -2.32. The van der Waals surface area contributed by atoms with Crippen molar-refractivity contribution in [3.63, 3.8) is 0 Å². The summed E-state index contributed by atoms with van der Waals surface area (Å²) in [5.41, 5.74) is 2.86. The van der Waals surface area contributed by atoms with Gasteiger partial charge in [-0.3, -0.25) is 0 Å². The first-order valence-electron chi connectivity index (χ1n) is 4.56. The first-order chi connectivity index (χ1) is 5.86. The molecule has 2 rings (SSSR count). The fraction of sp³-hybridized carbons (Fsp3) is 0.455. The molecule has 0 aromatic rings. The van der Waals surface area contributed by atoms with E-state index in [4.69, 9.17) is 0 Å². The van der Waals surface area contributed by atoms with E-state index in [0.29, 0.717) is 11.8 Å². The summed E-state index contributed by atoms with van der Waals surface area (Å²) in [6.45, 7) is 9.98. The van der Waals surface area contributed by atoms with Crippen LogP contribution < -0.4 is 5.32 Å². The van der Waals surface area contributed by atoms with Gasteiger partial charge in [0.05, 0.1) is 0 Å². The molecular formula is C11H15N. The third-order valence-corrected chi connectivity index (χ3v) is 3.00. The largest absolute Gasteiger partial charge is 0.316 e. The summed E-state index contributed by atoms with van der Waals surface area (Å²) >= 11 is 0. The van der Waals surface area contributed by atoms with Crippen molar-refractivity contribution in [1.29, 1.82) is 0 Å². The summed E-state index contributed by atoms with van der Waals surface area (Å²) in [5, 5.41) is 3.44. The minimum absolute atomic E-state index is 0.703. The van der Waals surface area contributed by atoms with E-state index in [-0.39, 0.29) is 0 Å². The Morgan fingerprint density at radius 1 is 1.08 bits per heavy atom. The summed E-state index contributed by atoms with van der Waals surface area (Å²) in [4.78, 5) is 0. The third kappa shape index (κ3) is 0.969. The van der Waals surface area contributed by atoms with Crippen molar-refractivity contribution in [3.8, 4) is 0 Å². The molecule has 0 aromatic carbocycles. The summed E-state index contributed by atoms with van der Waals surface area (Å²) in [7, 11) is 0. The molecule has 1 saturated heterocycles. The first kappa shape index (κ1) is 7.81. The van der Waals surface area contributed by atoms with Crippen LogP contribution in [-0.2, 0) is 0 Å². The molecule has 2 aliphatic rings. The maximum Gasteiger partial charge on any atom is 0.00207 e. The summed E-state index contributed by atoms with van der Waals surface area (Å²) < 4.78 is 0. The van der Waals surface area contributed by atoms with Crippen molar-refractivity contribution in [1.82, 2.24) is 5.32 Å². The van der Waals surface area contributed by atoms with Crippen molar-refractivity contribution < 1.29 is 0 Å². The second-order valence-corrected chi connectivity index (χ2v) is 3.61. The zero-order chi connectivity index (χ0) is 8.55. The van der Waals surface area contributed by atoms with Crippen molar-refractivity contribution in [2.75, 3.05) is 13.1 Å². The van der Waals surface area contributed by atoms with E-state index in [9.17, 15) is 0 Å². The lowest BCUT2D eigenvalue weighted by molar-refractivity contribution is 0.393. The van der Waals surface area contributed by atoms with Crippen LogP contribution in [0.3, 0.4) is 0 Å². The molecule has 0 saturated carbocycles. The molecule has 1 N–H and O–H groups in total. The number of fused-ring (bicyclic) bond motifs is 2. The van der Waals surface area contributed by atoms with Gasteiger partial charge in [0.15, 0.2) is 0 Å². The predicted octanol–water partition coefficient (Wildman–Crippen LogP) is 1.89. The van der Waals surface area contributed by atoms with Crippen LogP contribution in [0.5, 0.6) is 0 Å². The fourth-order valence-electron chi connectivity index (χ4n) is 2.46.